The van der Waals surface area contributed by atoms with Gasteiger partial charge in [0.25, 0.3) is 0 Å². The van der Waals surface area contributed by atoms with E-state index in [1.165, 1.54) is 20.8 Å². The molecule has 0 aliphatic heterocycles. The van der Waals surface area contributed by atoms with Gasteiger partial charge < -0.3 is 23.7 Å². The van der Waals surface area contributed by atoms with Crippen LogP contribution in [0.1, 0.15) is 31.9 Å². The van der Waals surface area contributed by atoms with Crippen molar-refractivity contribution in [1.82, 2.24) is 0 Å². The second kappa shape index (κ2) is 11.6. The number of hydrogen-bond donors (Lipinski definition) is 0. The Bertz CT molecular complexity index is 860. The second-order valence-electron chi connectivity index (χ2n) is 7.74. The van der Waals surface area contributed by atoms with E-state index in [0.717, 1.165) is 11.1 Å². The molecule has 0 saturated heterocycles. The summed E-state index contributed by atoms with van der Waals surface area (Å²) in [5.74, 6) is -1.74. The van der Waals surface area contributed by atoms with Crippen LogP contribution in [0.4, 0.5) is 0 Å². The number of benzene rings is 2. The highest BCUT2D eigenvalue weighted by Gasteiger charge is 2.58. The molecule has 2 aromatic carbocycles. The smallest absolute Gasteiger partial charge is 0.303 e. The first kappa shape index (κ1) is 24.4. The van der Waals surface area contributed by atoms with E-state index in [1.54, 1.807) is 0 Å². The van der Waals surface area contributed by atoms with Crippen molar-refractivity contribution in [2.24, 2.45) is 0 Å². The average Bonchev–Trinajstić information content (AvgIpc) is 3.02. The minimum absolute atomic E-state index is 0.166. The van der Waals surface area contributed by atoms with Crippen molar-refractivity contribution in [3.8, 4) is 0 Å². The molecule has 1 saturated carbocycles. The largest absolute Gasteiger partial charge is 0.457 e. The van der Waals surface area contributed by atoms with Crippen LogP contribution in [0.25, 0.3) is 0 Å². The highest BCUT2D eigenvalue weighted by atomic mass is 16.7. The van der Waals surface area contributed by atoms with Gasteiger partial charge in [0.1, 0.15) is 12.2 Å². The number of esters is 3. The maximum Gasteiger partial charge on any atom is 0.303 e. The van der Waals surface area contributed by atoms with E-state index in [4.69, 9.17) is 23.7 Å². The zero-order valence-electron chi connectivity index (χ0n) is 18.8. The summed E-state index contributed by atoms with van der Waals surface area (Å²) in [6.45, 7) is 4.09. The Morgan fingerprint density at radius 1 is 0.545 bits per heavy atom. The molecular weight excluding hydrogens is 428 g/mol. The molecule has 8 nitrogen and oxygen atoms in total. The van der Waals surface area contributed by atoms with Gasteiger partial charge in [-0.25, -0.2) is 0 Å². The zero-order chi connectivity index (χ0) is 23.8. The zero-order valence-corrected chi connectivity index (χ0v) is 18.8. The standard InChI is InChI=1S/C25H28O8/c1-16(26)31-23-21(29-14-19-10-6-4-7-11-19)24(32-17(2)27)25(33-18(3)28)22(23)30-15-20-12-8-5-9-13-20/h4-13,21-25H,14-15H2,1-3H3/t21-,22-,24+,25+/m0/s1. The summed E-state index contributed by atoms with van der Waals surface area (Å²) in [4.78, 5) is 35.7. The van der Waals surface area contributed by atoms with E-state index in [-0.39, 0.29) is 13.2 Å². The molecule has 1 fully saturated rings. The molecule has 3 rings (SSSR count). The third kappa shape index (κ3) is 6.87. The molecule has 0 bridgehead atoms. The Labute approximate surface area is 192 Å². The van der Waals surface area contributed by atoms with Crippen LogP contribution in [0.3, 0.4) is 0 Å². The summed E-state index contributed by atoms with van der Waals surface area (Å²) in [5, 5.41) is 0. The monoisotopic (exact) mass is 456 g/mol. The van der Waals surface area contributed by atoms with Gasteiger partial charge in [-0.05, 0) is 11.1 Å². The van der Waals surface area contributed by atoms with Gasteiger partial charge in [0.05, 0.1) is 13.2 Å². The molecule has 2 aromatic rings. The fraction of sp³-hybridized carbons (Fsp3) is 0.400. The fourth-order valence-corrected chi connectivity index (χ4v) is 3.82. The molecular formula is C25H28O8. The van der Waals surface area contributed by atoms with E-state index >= 15 is 0 Å². The minimum Gasteiger partial charge on any atom is -0.457 e. The molecule has 0 amide bonds. The number of carbonyl (C=O) groups is 3. The SMILES string of the molecule is CC(=O)OC1[C@H](OCc2ccccc2)[C@@H](OC(C)=O)[C@H](OC(C)=O)[C@H]1OCc1ccccc1. The third-order valence-electron chi connectivity index (χ3n) is 5.10. The van der Waals surface area contributed by atoms with Crippen molar-refractivity contribution < 1.29 is 38.1 Å². The summed E-state index contributed by atoms with van der Waals surface area (Å²) >= 11 is 0. The summed E-state index contributed by atoms with van der Waals surface area (Å²) in [6, 6.07) is 18.8. The maximum absolute atomic E-state index is 11.9. The lowest BCUT2D eigenvalue weighted by Gasteiger charge is -2.25. The molecule has 0 heterocycles. The van der Waals surface area contributed by atoms with Crippen LogP contribution in [0.15, 0.2) is 60.7 Å². The van der Waals surface area contributed by atoms with Crippen LogP contribution in [-0.4, -0.2) is 48.4 Å². The normalized spacial score (nSPS) is 22.5. The van der Waals surface area contributed by atoms with Crippen LogP contribution >= 0.6 is 0 Å². The molecule has 0 aromatic heterocycles. The van der Waals surface area contributed by atoms with Crippen LogP contribution in [0.2, 0.25) is 0 Å². The third-order valence-corrected chi connectivity index (χ3v) is 5.10. The van der Waals surface area contributed by atoms with E-state index in [0.29, 0.717) is 0 Å². The Hall–Kier alpha value is -3.23. The van der Waals surface area contributed by atoms with Crippen LogP contribution in [0, 0.1) is 0 Å². The number of hydrogen-bond acceptors (Lipinski definition) is 8. The molecule has 0 spiro atoms. The topological polar surface area (TPSA) is 97.4 Å². The van der Waals surface area contributed by atoms with E-state index in [2.05, 4.69) is 0 Å². The first-order valence-corrected chi connectivity index (χ1v) is 10.7. The lowest BCUT2D eigenvalue weighted by atomic mass is 10.2. The molecule has 0 radical (unpaired) electrons. The van der Waals surface area contributed by atoms with E-state index in [1.807, 2.05) is 60.7 Å². The van der Waals surface area contributed by atoms with E-state index < -0.39 is 48.4 Å². The average molecular weight is 456 g/mol. The number of ether oxygens (including phenoxy) is 5. The van der Waals surface area contributed by atoms with Crippen molar-refractivity contribution >= 4 is 17.9 Å². The van der Waals surface area contributed by atoms with Gasteiger partial charge in [0.2, 0.25) is 0 Å². The lowest BCUT2D eigenvalue weighted by molar-refractivity contribution is -0.176. The van der Waals surface area contributed by atoms with Gasteiger partial charge in [0, 0.05) is 20.8 Å². The predicted molar refractivity (Wildman–Crippen MR) is 117 cm³/mol. The Morgan fingerprint density at radius 3 is 1.15 bits per heavy atom. The molecule has 1 aliphatic rings. The van der Waals surface area contributed by atoms with Gasteiger partial charge in [-0.15, -0.1) is 0 Å². The Kier molecular flexibility index (Phi) is 8.57. The van der Waals surface area contributed by atoms with Gasteiger partial charge >= 0.3 is 17.9 Å². The first-order valence-electron chi connectivity index (χ1n) is 10.7. The molecule has 33 heavy (non-hydrogen) atoms. The molecule has 0 N–H and O–H groups in total. The Morgan fingerprint density at radius 2 is 0.848 bits per heavy atom. The molecule has 8 heteroatoms. The van der Waals surface area contributed by atoms with E-state index in [9.17, 15) is 14.4 Å². The highest BCUT2D eigenvalue weighted by Crippen LogP contribution is 2.35. The molecule has 4 atom stereocenters. The highest BCUT2D eigenvalue weighted by molar-refractivity contribution is 5.68. The van der Waals surface area contributed by atoms with Crippen LogP contribution in [0.5, 0.6) is 0 Å². The minimum atomic E-state index is -1.03. The van der Waals surface area contributed by atoms with Crippen molar-refractivity contribution in [1.29, 1.82) is 0 Å². The molecule has 1 aliphatic carbocycles. The number of rotatable bonds is 9. The second-order valence-corrected chi connectivity index (χ2v) is 7.74. The summed E-state index contributed by atoms with van der Waals surface area (Å²) in [6.07, 6.45) is -4.85. The summed E-state index contributed by atoms with van der Waals surface area (Å²) < 4.78 is 28.7. The molecule has 176 valence electrons. The molecule has 0 unspecified atom stereocenters. The van der Waals surface area contributed by atoms with Crippen molar-refractivity contribution in [2.45, 2.75) is 64.5 Å². The van der Waals surface area contributed by atoms with Gasteiger partial charge in [-0.1, -0.05) is 60.7 Å². The quantitative estimate of drug-likeness (QED) is 0.420. The fourth-order valence-electron chi connectivity index (χ4n) is 3.82. The Balaban J connectivity index is 1.91. The summed E-state index contributed by atoms with van der Waals surface area (Å²) in [5.41, 5.74) is 1.75. The van der Waals surface area contributed by atoms with Crippen molar-refractivity contribution in [3.63, 3.8) is 0 Å². The lowest BCUT2D eigenvalue weighted by Crippen LogP contribution is -2.41. The number of carbonyl (C=O) groups excluding carboxylic acids is 3. The van der Waals surface area contributed by atoms with Crippen molar-refractivity contribution in [3.05, 3.63) is 71.8 Å². The maximum atomic E-state index is 11.9. The van der Waals surface area contributed by atoms with Gasteiger partial charge in [-0.3, -0.25) is 14.4 Å². The van der Waals surface area contributed by atoms with Crippen molar-refractivity contribution in [2.75, 3.05) is 0 Å². The predicted octanol–water partition coefficient (Wildman–Crippen LogP) is 2.97. The summed E-state index contributed by atoms with van der Waals surface area (Å²) in [7, 11) is 0. The van der Waals surface area contributed by atoms with Crippen LogP contribution in [-0.2, 0) is 51.3 Å². The first-order chi connectivity index (χ1) is 15.8. The van der Waals surface area contributed by atoms with Crippen LogP contribution < -0.4 is 0 Å². The van der Waals surface area contributed by atoms with Gasteiger partial charge in [0.15, 0.2) is 18.3 Å². The van der Waals surface area contributed by atoms with Gasteiger partial charge in [-0.2, -0.15) is 0 Å².